The van der Waals surface area contributed by atoms with Crippen LogP contribution in [0.2, 0.25) is 0 Å². The van der Waals surface area contributed by atoms with Gasteiger partial charge >= 0.3 is 6.18 Å². The summed E-state index contributed by atoms with van der Waals surface area (Å²) in [7, 11) is 0. The van der Waals surface area contributed by atoms with E-state index in [0.29, 0.717) is 10.8 Å². The smallest absolute Gasteiger partial charge is 0.322 e. The maximum absolute atomic E-state index is 12.8. The Morgan fingerprint density at radius 1 is 0.815 bits per heavy atom. The van der Waals surface area contributed by atoms with Crippen LogP contribution in [0.1, 0.15) is 26.3 Å². The number of halogens is 3. The average Bonchev–Trinajstić information content (AvgIpc) is 2.66. The molecule has 0 saturated heterocycles. The molecule has 8 heteroatoms. The zero-order valence-electron chi connectivity index (χ0n) is 13.7. The van der Waals surface area contributed by atoms with Crippen molar-refractivity contribution in [2.24, 2.45) is 0 Å². The van der Waals surface area contributed by atoms with Gasteiger partial charge in [-0.3, -0.25) is 14.8 Å². The molecule has 138 valence electrons. The molecule has 0 radical (unpaired) electrons. The van der Waals surface area contributed by atoms with E-state index in [1.54, 1.807) is 18.2 Å². The number of hydroxylamine groups is 1. The quantitative estimate of drug-likeness (QED) is 0.474. The predicted octanol–water partition coefficient (Wildman–Crippen LogP) is 4.23. The highest BCUT2D eigenvalue weighted by Gasteiger charge is 2.30. The Labute approximate surface area is 151 Å². The fourth-order valence-electron chi connectivity index (χ4n) is 2.57. The summed E-state index contributed by atoms with van der Waals surface area (Å²) in [5.41, 5.74) is 1.21. The van der Waals surface area contributed by atoms with Gasteiger partial charge in [-0.1, -0.05) is 18.2 Å². The lowest BCUT2D eigenvalue weighted by molar-refractivity contribution is -0.137. The van der Waals surface area contributed by atoms with Crippen LogP contribution in [0.4, 0.5) is 18.9 Å². The number of carbonyl (C=O) groups excluding carboxylic acids is 2. The van der Waals surface area contributed by atoms with Gasteiger partial charge in [0, 0.05) is 16.8 Å². The standard InChI is InChI=1S/C19H13F3N2O3/c20-19(21,22)15-2-1-3-16(10-15)23-17(25)13-6-4-12-9-14(18(26)24-27)7-5-11(12)8-13/h1-10,27H,(H,23,25)(H,24,26). The molecule has 3 aromatic rings. The highest BCUT2D eigenvalue weighted by Crippen LogP contribution is 2.30. The van der Waals surface area contributed by atoms with Crippen molar-refractivity contribution in [3.63, 3.8) is 0 Å². The van der Waals surface area contributed by atoms with Gasteiger partial charge in [-0.2, -0.15) is 13.2 Å². The van der Waals surface area contributed by atoms with Crippen molar-refractivity contribution in [3.05, 3.63) is 77.4 Å². The van der Waals surface area contributed by atoms with E-state index in [9.17, 15) is 22.8 Å². The van der Waals surface area contributed by atoms with Gasteiger partial charge in [0.25, 0.3) is 11.8 Å². The number of carbonyl (C=O) groups is 2. The van der Waals surface area contributed by atoms with Gasteiger partial charge in [0.15, 0.2) is 0 Å². The summed E-state index contributed by atoms with van der Waals surface area (Å²) in [5.74, 6) is -1.23. The van der Waals surface area contributed by atoms with Crippen molar-refractivity contribution >= 4 is 28.3 Å². The summed E-state index contributed by atoms with van der Waals surface area (Å²) in [6.45, 7) is 0. The third-order valence-corrected chi connectivity index (χ3v) is 3.91. The molecule has 0 unspecified atom stereocenters. The molecule has 3 rings (SSSR count). The number of hydrogen-bond donors (Lipinski definition) is 3. The van der Waals surface area contributed by atoms with Crippen molar-refractivity contribution in [1.82, 2.24) is 5.48 Å². The molecule has 0 aromatic heterocycles. The van der Waals surface area contributed by atoms with E-state index in [4.69, 9.17) is 5.21 Å². The Bertz CT molecular complexity index is 1030. The maximum Gasteiger partial charge on any atom is 0.416 e. The first-order valence-electron chi connectivity index (χ1n) is 7.75. The molecule has 0 aliphatic carbocycles. The largest absolute Gasteiger partial charge is 0.416 e. The highest BCUT2D eigenvalue weighted by molar-refractivity contribution is 6.07. The van der Waals surface area contributed by atoms with E-state index in [2.05, 4.69) is 5.32 Å². The van der Waals surface area contributed by atoms with E-state index in [0.717, 1.165) is 12.1 Å². The number of hydrogen-bond acceptors (Lipinski definition) is 3. The van der Waals surface area contributed by atoms with E-state index in [1.807, 2.05) is 0 Å². The summed E-state index contributed by atoms with van der Waals surface area (Å²) in [4.78, 5) is 23.8. The van der Waals surface area contributed by atoms with Crippen LogP contribution < -0.4 is 10.8 Å². The Morgan fingerprint density at radius 2 is 1.41 bits per heavy atom. The van der Waals surface area contributed by atoms with Crippen molar-refractivity contribution in [2.45, 2.75) is 6.18 Å². The normalized spacial score (nSPS) is 11.3. The fourth-order valence-corrected chi connectivity index (χ4v) is 2.57. The second kappa shape index (κ2) is 7.08. The molecular formula is C19H13F3N2O3. The third-order valence-electron chi connectivity index (χ3n) is 3.91. The topological polar surface area (TPSA) is 78.4 Å². The molecule has 0 saturated carbocycles. The van der Waals surface area contributed by atoms with Gasteiger partial charge in [0.1, 0.15) is 0 Å². The zero-order chi connectivity index (χ0) is 19.6. The van der Waals surface area contributed by atoms with Crippen molar-refractivity contribution in [3.8, 4) is 0 Å². The molecule has 0 fully saturated rings. The Morgan fingerprint density at radius 3 is 1.96 bits per heavy atom. The van der Waals surface area contributed by atoms with E-state index in [-0.39, 0.29) is 16.8 Å². The first-order valence-corrected chi connectivity index (χ1v) is 7.75. The van der Waals surface area contributed by atoms with Crippen molar-refractivity contribution in [1.29, 1.82) is 0 Å². The molecular weight excluding hydrogens is 361 g/mol. The number of rotatable bonds is 3. The minimum absolute atomic E-state index is 0.0323. The van der Waals surface area contributed by atoms with Crippen molar-refractivity contribution in [2.75, 3.05) is 5.32 Å². The van der Waals surface area contributed by atoms with E-state index < -0.39 is 23.6 Å². The Balaban J connectivity index is 1.85. The first-order chi connectivity index (χ1) is 12.8. The van der Waals surface area contributed by atoms with Crippen LogP contribution in [-0.2, 0) is 6.18 Å². The first kappa shape index (κ1) is 18.4. The van der Waals surface area contributed by atoms with Crippen LogP contribution in [0.15, 0.2) is 60.7 Å². The summed E-state index contributed by atoms with van der Waals surface area (Å²) < 4.78 is 38.3. The van der Waals surface area contributed by atoms with E-state index in [1.165, 1.54) is 35.8 Å². The zero-order valence-corrected chi connectivity index (χ0v) is 13.7. The molecule has 3 N–H and O–H groups in total. The second-order valence-corrected chi connectivity index (χ2v) is 5.75. The molecule has 0 aliphatic heterocycles. The molecule has 0 bridgehead atoms. The Hall–Kier alpha value is -3.39. The monoisotopic (exact) mass is 374 g/mol. The minimum atomic E-state index is -4.50. The number of alkyl halides is 3. The second-order valence-electron chi connectivity index (χ2n) is 5.75. The lowest BCUT2D eigenvalue weighted by atomic mass is 10.0. The van der Waals surface area contributed by atoms with Gasteiger partial charge < -0.3 is 5.32 Å². The fraction of sp³-hybridized carbons (Fsp3) is 0.0526. The van der Waals surface area contributed by atoms with Gasteiger partial charge in [-0.05, 0) is 53.2 Å². The van der Waals surface area contributed by atoms with Crippen molar-refractivity contribution < 1.29 is 28.0 Å². The van der Waals surface area contributed by atoms with Crippen LogP contribution in [-0.4, -0.2) is 17.0 Å². The van der Waals surface area contributed by atoms with Gasteiger partial charge in [0.05, 0.1) is 5.56 Å². The van der Waals surface area contributed by atoms with Gasteiger partial charge in [-0.15, -0.1) is 0 Å². The number of amides is 2. The summed E-state index contributed by atoms with van der Waals surface area (Å²) in [6.07, 6.45) is -4.50. The minimum Gasteiger partial charge on any atom is -0.322 e. The number of benzene rings is 3. The highest BCUT2D eigenvalue weighted by atomic mass is 19.4. The average molecular weight is 374 g/mol. The molecule has 3 aromatic carbocycles. The van der Waals surface area contributed by atoms with Crippen LogP contribution in [0.3, 0.4) is 0 Å². The molecule has 0 atom stereocenters. The molecule has 0 aliphatic rings. The van der Waals surface area contributed by atoms with Crippen LogP contribution >= 0.6 is 0 Å². The summed E-state index contributed by atoms with van der Waals surface area (Å²) >= 11 is 0. The maximum atomic E-state index is 12.8. The number of fused-ring (bicyclic) bond motifs is 1. The number of anilines is 1. The third kappa shape index (κ3) is 4.06. The van der Waals surface area contributed by atoms with Crippen LogP contribution in [0.5, 0.6) is 0 Å². The van der Waals surface area contributed by atoms with Gasteiger partial charge in [0.2, 0.25) is 0 Å². The van der Waals surface area contributed by atoms with Crippen LogP contribution in [0.25, 0.3) is 10.8 Å². The lowest BCUT2D eigenvalue weighted by Gasteiger charge is -2.10. The lowest BCUT2D eigenvalue weighted by Crippen LogP contribution is -2.18. The Kier molecular flexibility index (Phi) is 4.83. The van der Waals surface area contributed by atoms with Crippen LogP contribution in [0, 0.1) is 0 Å². The molecule has 0 spiro atoms. The predicted molar refractivity (Wildman–Crippen MR) is 92.6 cm³/mol. The molecule has 27 heavy (non-hydrogen) atoms. The molecule has 2 amide bonds. The van der Waals surface area contributed by atoms with Gasteiger partial charge in [-0.25, -0.2) is 5.48 Å². The van der Waals surface area contributed by atoms with E-state index >= 15 is 0 Å². The SMILES string of the molecule is O=C(NO)c1ccc2cc(C(=O)Nc3cccc(C(F)(F)F)c3)ccc2c1. The molecule has 0 heterocycles. The molecule has 5 nitrogen and oxygen atoms in total. The number of nitrogens with one attached hydrogen (secondary N) is 2. The summed E-state index contributed by atoms with van der Waals surface area (Å²) in [6, 6.07) is 13.6. The summed E-state index contributed by atoms with van der Waals surface area (Å²) in [5, 5.41) is 12.4.